The van der Waals surface area contributed by atoms with Crippen LogP contribution in [0.1, 0.15) is 38.4 Å². The highest BCUT2D eigenvalue weighted by molar-refractivity contribution is 7.92. The summed E-state index contributed by atoms with van der Waals surface area (Å²) < 4.78 is 29.9. The molecule has 19 heavy (non-hydrogen) atoms. The van der Waals surface area contributed by atoms with Crippen LogP contribution >= 0.6 is 0 Å². The van der Waals surface area contributed by atoms with E-state index in [4.69, 9.17) is 4.42 Å². The van der Waals surface area contributed by atoms with Crippen molar-refractivity contribution in [3.8, 4) is 0 Å². The highest BCUT2D eigenvalue weighted by atomic mass is 32.2. The van der Waals surface area contributed by atoms with Crippen LogP contribution < -0.4 is 5.32 Å². The first-order valence-corrected chi connectivity index (χ1v) is 8.82. The lowest BCUT2D eigenvalue weighted by molar-refractivity contribution is 0.402. The van der Waals surface area contributed by atoms with Crippen molar-refractivity contribution >= 4 is 9.84 Å². The summed E-state index contributed by atoms with van der Waals surface area (Å²) in [6.07, 6.45) is 5.87. The summed E-state index contributed by atoms with van der Waals surface area (Å²) in [6.45, 7) is 2.93. The van der Waals surface area contributed by atoms with E-state index in [9.17, 15) is 8.42 Å². The molecular formula is C14H23NO3S. The van der Waals surface area contributed by atoms with Crippen LogP contribution in [-0.2, 0) is 16.3 Å². The van der Waals surface area contributed by atoms with Gasteiger partial charge >= 0.3 is 0 Å². The van der Waals surface area contributed by atoms with E-state index in [1.165, 1.54) is 0 Å². The summed E-state index contributed by atoms with van der Waals surface area (Å²) in [7, 11) is -2.96. The summed E-state index contributed by atoms with van der Waals surface area (Å²) >= 11 is 0. The van der Waals surface area contributed by atoms with E-state index in [0.29, 0.717) is 12.2 Å². The number of hydrogen-bond acceptors (Lipinski definition) is 4. The predicted octanol–water partition coefficient (Wildman–Crippen LogP) is 2.16. The average Bonchev–Trinajstić information content (AvgIpc) is 2.87. The lowest BCUT2D eigenvalue weighted by Gasteiger charge is -2.30. The minimum atomic E-state index is -2.96. The molecule has 1 fully saturated rings. The van der Waals surface area contributed by atoms with Gasteiger partial charge in [-0.15, -0.1) is 0 Å². The van der Waals surface area contributed by atoms with Gasteiger partial charge in [0.1, 0.15) is 5.76 Å². The van der Waals surface area contributed by atoms with Gasteiger partial charge in [0, 0.05) is 12.5 Å². The second-order valence-electron chi connectivity index (χ2n) is 5.25. The van der Waals surface area contributed by atoms with Crippen molar-refractivity contribution in [2.24, 2.45) is 0 Å². The molecule has 0 bridgehead atoms. The van der Waals surface area contributed by atoms with Crippen molar-refractivity contribution < 1.29 is 12.8 Å². The van der Waals surface area contributed by atoms with E-state index in [-0.39, 0.29) is 11.3 Å². The molecule has 2 rings (SSSR count). The summed E-state index contributed by atoms with van der Waals surface area (Å²) in [4.78, 5) is 0. The van der Waals surface area contributed by atoms with Gasteiger partial charge in [0.15, 0.2) is 9.84 Å². The zero-order chi connectivity index (χ0) is 13.7. The number of sulfone groups is 1. The maximum atomic E-state index is 12.2. The molecule has 1 aliphatic rings. The molecule has 2 unspecified atom stereocenters. The van der Waals surface area contributed by atoms with Crippen molar-refractivity contribution in [3.05, 3.63) is 24.2 Å². The smallest absolute Gasteiger partial charge is 0.154 e. The third-order valence-electron chi connectivity index (χ3n) is 3.74. The lowest BCUT2D eigenvalue weighted by Crippen LogP contribution is -2.48. The Morgan fingerprint density at radius 1 is 1.47 bits per heavy atom. The van der Waals surface area contributed by atoms with Gasteiger partial charge in [0.2, 0.25) is 0 Å². The molecule has 108 valence electrons. The summed E-state index contributed by atoms with van der Waals surface area (Å²) in [5.41, 5.74) is 0. The SMILES string of the molecule is CCCNC(Cc1ccco1)C1CCCCS1(=O)=O. The third-order valence-corrected chi connectivity index (χ3v) is 6.08. The molecule has 0 amide bonds. The van der Waals surface area contributed by atoms with Crippen molar-refractivity contribution in [3.63, 3.8) is 0 Å². The van der Waals surface area contributed by atoms with E-state index < -0.39 is 9.84 Å². The quantitative estimate of drug-likeness (QED) is 0.870. The summed E-state index contributed by atoms with van der Waals surface area (Å²) in [5.74, 6) is 1.19. The van der Waals surface area contributed by atoms with Gasteiger partial charge in [-0.25, -0.2) is 8.42 Å². The first kappa shape index (κ1) is 14.6. The van der Waals surface area contributed by atoms with E-state index in [2.05, 4.69) is 12.2 Å². The normalized spacial score (nSPS) is 24.2. The zero-order valence-electron chi connectivity index (χ0n) is 11.5. The van der Waals surface area contributed by atoms with E-state index >= 15 is 0 Å². The molecule has 1 aromatic rings. The Morgan fingerprint density at radius 3 is 2.95 bits per heavy atom. The highest BCUT2D eigenvalue weighted by Gasteiger charge is 2.35. The van der Waals surface area contributed by atoms with Gasteiger partial charge in [0.25, 0.3) is 0 Å². The molecule has 0 spiro atoms. The van der Waals surface area contributed by atoms with E-state index in [1.807, 2.05) is 12.1 Å². The predicted molar refractivity (Wildman–Crippen MR) is 75.9 cm³/mol. The second-order valence-corrected chi connectivity index (χ2v) is 7.58. The third kappa shape index (κ3) is 3.83. The van der Waals surface area contributed by atoms with Crippen LogP contribution in [0.3, 0.4) is 0 Å². The Morgan fingerprint density at radius 2 is 2.32 bits per heavy atom. The molecule has 2 heterocycles. The standard InChI is InChI=1S/C14H23NO3S/c1-2-8-15-13(11-12-6-5-9-18-12)14-7-3-4-10-19(14,16)17/h5-6,9,13-15H,2-4,7-8,10-11H2,1H3. The summed E-state index contributed by atoms with van der Waals surface area (Å²) in [5, 5.41) is 3.13. The minimum Gasteiger partial charge on any atom is -0.469 e. The number of rotatable bonds is 6. The molecule has 4 nitrogen and oxygen atoms in total. The molecule has 0 radical (unpaired) electrons. The molecule has 2 atom stereocenters. The van der Waals surface area contributed by atoms with Crippen LogP contribution in [0.4, 0.5) is 0 Å². The topological polar surface area (TPSA) is 59.3 Å². The monoisotopic (exact) mass is 285 g/mol. The highest BCUT2D eigenvalue weighted by Crippen LogP contribution is 2.24. The zero-order valence-corrected chi connectivity index (χ0v) is 12.3. The van der Waals surface area contributed by atoms with Crippen LogP contribution in [0.15, 0.2) is 22.8 Å². The molecule has 1 aliphatic heterocycles. The molecule has 0 aliphatic carbocycles. The molecular weight excluding hydrogens is 262 g/mol. The molecule has 1 saturated heterocycles. The Bertz CT molecular complexity index is 467. The van der Waals surface area contributed by atoms with E-state index in [0.717, 1.165) is 38.0 Å². The minimum absolute atomic E-state index is 0.0311. The average molecular weight is 285 g/mol. The Labute approximate surface area is 115 Å². The Kier molecular flexibility index (Phi) is 5.05. The van der Waals surface area contributed by atoms with Crippen LogP contribution in [0.2, 0.25) is 0 Å². The second kappa shape index (κ2) is 6.57. The number of hydrogen-bond donors (Lipinski definition) is 1. The maximum absolute atomic E-state index is 12.2. The van der Waals surface area contributed by atoms with Crippen molar-refractivity contribution in [2.45, 2.75) is 50.3 Å². The lowest BCUT2D eigenvalue weighted by atomic mass is 10.0. The van der Waals surface area contributed by atoms with Gasteiger partial charge in [-0.2, -0.15) is 0 Å². The molecule has 0 saturated carbocycles. The van der Waals surface area contributed by atoms with Crippen molar-refractivity contribution in [1.82, 2.24) is 5.32 Å². The van der Waals surface area contributed by atoms with Gasteiger partial charge in [-0.3, -0.25) is 0 Å². The molecule has 0 aromatic carbocycles. The van der Waals surface area contributed by atoms with Gasteiger partial charge < -0.3 is 9.73 Å². The fourth-order valence-corrected chi connectivity index (χ4v) is 4.87. The van der Waals surface area contributed by atoms with Gasteiger partial charge in [-0.1, -0.05) is 13.3 Å². The van der Waals surface area contributed by atoms with Crippen LogP contribution in [0, 0.1) is 0 Å². The Balaban J connectivity index is 2.11. The number of nitrogens with one attached hydrogen (secondary N) is 1. The first-order valence-electron chi connectivity index (χ1n) is 7.11. The maximum Gasteiger partial charge on any atom is 0.154 e. The Hall–Kier alpha value is -0.810. The largest absolute Gasteiger partial charge is 0.469 e. The van der Waals surface area contributed by atoms with Crippen LogP contribution in [0.25, 0.3) is 0 Å². The first-order chi connectivity index (χ1) is 9.13. The fourth-order valence-electron chi connectivity index (χ4n) is 2.74. The molecule has 1 aromatic heterocycles. The molecule has 5 heteroatoms. The van der Waals surface area contributed by atoms with Crippen molar-refractivity contribution in [1.29, 1.82) is 0 Å². The van der Waals surface area contributed by atoms with Crippen molar-refractivity contribution in [2.75, 3.05) is 12.3 Å². The van der Waals surface area contributed by atoms with Gasteiger partial charge in [-0.05, 0) is 37.9 Å². The van der Waals surface area contributed by atoms with Gasteiger partial charge in [0.05, 0.1) is 17.3 Å². The molecule has 1 N–H and O–H groups in total. The summed E-state index contributed by atoms with van der Waals surface area (Å²) in [6, 6.07) is 3.73. The fraction of sp³-hybridized carbons (Fsp3) is 0.714. The number of furan rings is 1. The van der Waals surface area contributed by atoms with Crippen LogP contribution in [0.5, 0.6) is 0 Å². The van der Waals surface area contributed by atoms with E-state index in [1.54, 1.807) is 6.26 Å². The van der Waals surface area contributed by atoms with Crippen LogP contribution in [-0.4, -0.2) is 32.0 Å².